The topological polar surface area (TPSA) is 51.7 Å². The number of nitrogens with one attached hydrogen (secondary N) is 1. The summed E-state index contributed by atoms with van der Waals surface area (Å²) in [5.41, 5.74) is 3.33. The van der Waals surface area contributed by atoms with E-state index in [-0.39, 0.29) is 5.91 Å². The Morgan fingerprint density at radius 1 is 1.11 bits per heavy atom. The lowest BCUT2D eigenvalue weighted by Crippen LogP contribution is -2.47. The number of nitrogens with zero attached hydrogens (tertiary/aromatic N) is 4. The Kier molecular flexibility index (Phi) is 6.87. The van der Waals surface area contributed by atoms with Gasteiger partial charge in [-0.1, -0.05) is 18.2 Å². The number of aromatic nitrogens is 1. The molecule has 0 saturated carbocycles. The third-order valence-corrected chi connectivity index (χ3v) is 5.22. The molecule has 1 N–H and O–H groups in total. The number of benzene rings is 1. The molecule has 1 aliphatic rings. The van der Waals surface area contributed by atoms with Crippen molar-refractivity contribution in [3.63, 3.8) is 0 Å². The zero-order chi connectivity index (χ0) is 19.9. The maximum Gasteiger partial charge on any atom is 0.257 e. The first-order chi connectivity index (χ1) is 13.6. The monoisotopic (exact) mass is 381 g/mol. The molecule has 6 nitrogen and oxygen atoms in total. The van der Waals surface area contributed by atoms with E-state index in [0.717, 1.165) is 45.7 Å². The Hall–Kier alpha value is -2.60. The van der Waals surface area contributed by atoms with Gasteiger partial charge in [-0.15, -0.1) is 0 Å². The molecular weight excluding hydrogens is 350 g/mol. The molecule has 0 bridgehead atoms. The minimum Gasteiger partial charge on any atom is -0.369 e. The molecule has 0 aliphatic carbocycles. The Labute approximate surface area is 168 Å². The fourth-order valence-electron chi connectivity index (χ4n) is 3.60. The van der Waals surface area contributed by atoms with E-state index in [4.69, 9.17) is 0 Å². The van der Waals surface area contributed by atoms with Gasteiger partial charge in [0.2, 0.25) is 0 Å². The normalized spacial score (nSPS) is 14.8. The Morgan fingerprint density at radius 3 is 2.57 bits per heavy atom. The molecule has 28 heavy (non-hydrogen) atoms. The third-order valence-electron chi connectivity index (χ3n) is 5.22. The number of anilines is 2. The zero-order valence-corrected chi connectivity index (χ0v) is 17.2. The molecule has 1 saturated heterocycles. The van der Waals surface area contributed by atoms with Crippen molar-refractivity contribution in [3.8, 4) is 0 Å². The summed E-state index contributed by atoms with van der Waals surface area (Å²) in [5, 5.41) is 3.34. The fraction of sp³-hybridized carbons (Fsp3) is 0.455. The molecule has 0 atom stereocenters. The average molecular weight is 382 g/mol. The van der Waals surface area contributed by atoms with Gasteiger partial charge in [-0.3, -0.25) is 9.69 Å². The Balaban J connectivity index is 1.43. The summed E-state index contributed by atoms with van der Waals surface area (Å²) in [6.07, 6.45) is 2.75. The van der Waals surface area contributed by atoms with Crippen LogP contribution in [0.25, 0.3) is 0 Å². The molecule has 1 amide bonds. The third kappa shape index (κ3) is 5.01. The molecule has 150 valence electrons. The Bertz CT molecular complexity index is 784. The second kappa shape index (κ2) is 9.55. The van der Waals surface area contributed by atoms with Crippen LogP contribution in [0.4, 0.5) is 11.5 Å². The highest BCUT2D eigenvalue weighted by Gasteiger charge is 2.18. The second-order valence-corrected chi connectivity index (χ2v) is 7.49. The van der Waals surface area contributed by atoms with E-state index < -0.39 is 0 Å². The first-order valence-electron chi connectivity index (χ1n) is 9.99. The predicted molar refractivity (Wildman–Crippen MR) is 115 cm³/mol. The van der Waals surface area contributed by atoms with Crippen molar-refractivity contribution in [2.75, 3.05) is 63.6 Å². The van der Waals surface area contributed by atoms with Crippen LogP contribution in [-0.2, 0) is 0 Å². The summed E-state index contributed by atoms with van der Waals surface area (Å²) in [6, 6.07) is 12.2. The molecule has 2 aromatic rings. The minimum absolute atomic E-state index is 0.0251. The number of hydrogen-bond acceptors (Lipinski definition) is 5. The van der Waals surface area contributed by atoms with Crippen LogP contribution in [0.1, 0.15) is 22.3 Å². The van der Waals surface area contributed by atoms with E-state index in [0.29, 0.717) is 11.4 Å². The second-order valence-electron chi connectivity index (χ2n) is 7.49. The fourth-order valence-corrected chi connectivity index (χ4v) is 3.60. The minimum atomic E-state index is -0.0251. The Morgan fingerprint density at radius 2 is 1.86 bits per heavy atom. The first-order valence-corrected chi connectivity index (χ1v) is 9.99. The highest BCUT2D eigenvalue weighted by Crippen LogP contribution is 2.20. The van der Waals surface area contributed by atoms with Crippen molar-refractivity contribution in [1.82, 2.24) is 14.8 Å². The molecule has 1 aromatic heterocycles. The SMILES string of the molecule is Cc1ccccc1N1CCN(CCCNc2ncccc2C(=O)N(C)C)CC1. The molecule has 6 heteroatoms. The van der Waals surface area contributed by atoms with Gasteiger partial charge in [-0.05, 0) is 43.7 Å². The van der Waals surface area contributed by atoms with Crippen LogP contribution in [0.15, 0.2) is 42.6 Å². The predicted octanol–water partition coefficient (Wildman–Crippen LogP) is 2.72. The molecule has 0 spiro atoms. The first kappa shape index (κ1) is 20.1. The van der Waals surface area contributed by atoms with Gasteiger partial charge in [0.15, 0.2) is 0 Å². The number of carbonyl (C=O) groups is 1. The quantitative estimate of drug-likeness (QED) is 0.748. The number of para-hydroxylation sites is 1. The van der Waals surface area contributed by atoms with Crippen LogP contribution in [0.3, 0.4) is 0 Å². The van der Waals surface area contributed by atoms with Gasteiger partial charge in [0.1, 0.15) is 5.82 Å². The van der Waals surface area contributed by atoms with E-state index in [1.807, 2.05) is 6.07 Å². The highest BCUT2D eigenvalue weighted by molar-refractivity contribution is 5.98. The lowest BCUT2D eigenvalue weighted by atomic mass is 10.1. The van der Waals surface area contributed by atoms with Gasteiger partial charge in [0, 0.05) is 58.7 Å². The lowest BCUT2D eigenvalue weighted by molar-refractivity contribution is 0.0828. The van der Waals surface area contributed by atoms with Crippen LogP contribution >= 0.6 is 0 Å². The summed E-state index contributed by atoms with van der Waals surface area (Å²) < 4.78 is 0. The average Bonchev–Trinajstić information content (AvgIpc) is 2.72. The van der Waals surface area contributed by atoms with E-state index in [2.05, 4.69) is 51.3 Å². The number of piperazine rings is 1. The van der Waals surface area contributed by atoms with E-state index >= 15 is 0 Å². The summed E-state index contributed by atoms with van der Waals surface area (Å²) in [7, 11) is 3.52. The van der Waals surface area contributed by atoms with Gasteiger partial charge in [0.05, 0.1) is 5.56 Å². The van der Waals surface area contributed by atoms with Crippen molar-refractivity contribution in [2.45, 2.75) is 13.3 Å². The number of aryl methyl sites for hydroxylation is 1. The van der Waals surface area contributed by atoms with Crippen molar-refractivity contribution >= 4 is 17.4 Å². The molecule has 2 heterocycles. The summed E-state index contributed by atoms with van der Waals surface area (Å²) >= 11 is 0. The van der Waals surface area contributed by atoms with Crippen molar-refractivity contribution in [2.24, 2.45) is 0 Å². The summed E-state index contributed by atoms with van der Waals surface area (Å²) in [4.78, 5) is 23.2. The highest BCUT2D eigenvalue weighted by atomic mass is 16.2. The van der Waals surface area contributed by atoms with Crippen LogP contribution in [0.2, 0.25) is 0 Å². The van der Waals surface area contributed by atoms with Crippen LogP contribution < -0.4 is 10.2 Å². The maximum atomic E-state index is 12.3. The van der Waals surface area contributed by atoms with E-state index in [1.165, 1.54) is 11.3 Å². The molecule has 0 unspecified atom stereocenters. The largest absolute Gasteiger partial charge is 0.369 e. The molecular formula is C22H31N5O. The number of amides is 1. The summed E-state index contributed by atoms with van der Waals surface area (Å²) in [6.45, 7) is 8.35. The molecule has 0 radical (unpaired) electrons. The number of carbonyl (C=O) groups excluding carboxylic acids is 1. The van der Waals surface area contributed by atoms with Crippen LogP contribution in [0.5, 0.6) is 0 Å². The molecule has 1 aliphatic heterocycles. The summed E-state index contributed by atoms with van der Waals surface area (Å²) in [5.74, 6) is 0.647. The zero-order valence-electron chi connectivity index (χ0n) is 17.2. The number of hydrogen-bond donors (Lipinski definition) is 1. The maximum absolute atomic E-state index is 12.3. The van der Waals surface area contributed by atoms with Crippen molar-refractivity contribution < 1.29 is 4.79 Å². The van der Waals surface area contributed by atoms with Gasteiger partial charge < -0.3 is 15.1 Å². The van der Waals surface area contributed by atoms with Crippen LogP contribution in [0, 0.1) is 6.92 Å². The molecule has 1 fully saturated rings. The molecule has 1 aromatic carbocycles. The van der Waals surface area contributed by atoms with Gasteiger partial charge in [-0.25, -0.2) is 4.98 Å². The van der Waals surface area contributed by atoms with Crippen LogP contribution in [-0.4, -0.2) is 74.1 Å². The standard InChI is InChI=1S/C22H31N5O/c1-18-8-4-5-10-20(18)27-16-14-26(15-17-27)13-7-12-24-21-19(9-6-11-23-21)22(28)25(2)3/h4-6,8-11H,7,12-17H2,1-3H3,(H,23,24). The van der Waals surface area contributed by atoms with E-state index in [1.54, 1.807) is 31.3 Å². The van der Waals surface area contributed by atoms with Crippen molar-refractivity contribution in [1.29, 1.82) is 0 Å². The van der Waals surface area contributed by atoms with Gasteiger partial charge in [0.25, 0.3) is 5.91 Å². The number of pyridine rings is 1. The number of rotatable bonds is 7. The van der Waals surface area contributed by atoms with Gasteiger partial charge in [-0.2, -0.15) is 0 Å². The molecule has 3 rings (SSSR count). The van der Waals surface area contributed by atoms with Crippen molar-refractivity contribution in [3.05, 3.63) is 53.7 Å². The van der Waals surface area contributed by atoms with Gasteiger partial charge >= 0.3 is 0 Å². The van der Waals surface area contributed by atoms with E-state index in [9.17, 15) is 4.79 Å². The lowest BCUT2D eigenvalue weighted by Gasteiger charge is -2.36. The smallest absolute Gasteiger partial charge is 0.257 e.